The first-order chi connectivity index (χ1) is 5.26. The van der Waals surface area contributed by atoms with Gasteiger partial charge in [0.2, 0.25) is 5.95 Å². The zero-order valence-electron chi connectivity index (χ0n) is 5.51. The number of pyridine rings is 1. The average molecular weight is 171 g/mol. The van der Waals surface area contributed by atoms with Crippen LogP contribution >= 0.6 is 11.6 Å². The van der Waals surface area contributed by atoms with Crippen LogP contribution in [0.15, 0.2) is 12.1 Å². The maximum Gasteiger partial charge on any atom is 0.214 e. The van der Waals surface area contributed by atoms with Gasteiger partial charge in [-0.05, 0) is 17.7 Å². The van der Waals surface area contributed by atoms with Gasteiger partial charge in [0.25, 0.3) is 0 Å². The topological polar surface area (TPSA) is 36.7 Å². The van der Waals surface area contributed by atoms with Crippen LogP contribution in [0.3, 0.4) is 0 Å². The van der Waals surface area contributed by atoms with Crippen LogP contribution in [0.4, 0.5) is 4.39 Å². The minimum absolute atomic E-state index is 0.0562. The highest BCUT2D eigenvalue weighted by molar-refractivity contribution is 6.17. The molecule has 1 rings (SSSR count). The lowest BCUT2D eigenvalue weighted by atomic mass is 10.2. The first-order valence-electron chi connectivity index (χ1n) is 2.89. The maximum atomic E-state index is 12.5. The van der Waals surface area contributed by atoms with E-state index in [1.54, 1.807) is 6.07 Å². The molecule has 1 heterocycles. The minimum atomic E-state index is -0.667. The Morgan fingerprint density at radius 3 is 2.91 bits per heavy atom. The van der Waals surface area contributed by atoms with Crippen LogP contribution in [-0.4, -0.2) is 4.98 Å². The Hall–Kier alpha value is -1.14. The molecule has 0 amide bonds. The Labute approximate surface area is 68.2 Å². The molecular formula is C7H4ClFN2. The van der Waals surface area contributed by atoms with Crippen LogP contribution in [0.5, 0.6) is 0 Å². The Kier molecular flexibility index (Phi) is 2.40. The molecule has 1 aromatic rings. The van der Waals surface area contributed by atoms with E-state index in [2.05, 4.69) is 4.98 Å². The van der Waals surface area contributed by atoms with E-state index >= 15 is 0 Å². The number of hydrogen-bond acceptors (Lipinski definition) is 2. The predicted molar refractivity (Wildman–Crippen MR) is 38.5 cm³/mol. The molecule has 56 valence electrons. The van der Waals surface area contributed by atoms with Crippen LogP contribution in [0, 0.1) is 17.3 Å². The Balaban J connectivity index is 3.15. The van der Waals surface area contributed by atoms with E-state index in [9.17, 15) is 4.39 Å². The number of alkyl halides is 1. The largest absolute Gasteiger partial charge is 0.214 e. The number of nitriles is 1. The second-order valence-electron chi connectivity index (χ2n) is 1.93. The van der Waals surface area contributed by atoms with Crippen molar-refractivity contribution in [3.8, 4) is 6.07 Å². The Morgan fingerprint density at radius 1 is 1.64 bits per heavy atom. The number of halogens is 2. The van der Waals surface area contributed by atoms with E-state index in [1.807, 2.05) is 0 Å². The number of nitrogens with zero attached hydrogens (tertiary/aromatic N) is 2. The van der Waals surface area contributed by atoms with Crippen LogP contribution in [0.25, 0.3) is 0 Å². The molecule has 0 bridgehead atoms. The fourth-order valence-electron chi connectivity index (χ4n) is 0.684. The van der Waals surface area contributed by atoms with Crippen LogP contribution < -0.4 is 0 Å². The molecule has 0 N–H and O–H groups in total. The van der Waals surface area contributed by atoms with Gasteiger partial charge in [0.05, 0.1) is 0 Å². The van der Waals surface area contributed by atoms with Crippen molar-refractivity contribution in [2.45, 2.75) is 5.88 Å². The van der Waals surface area contributed by atoms with Gasteiger partial charge >= 0.3 is 0 Å². The standard InChI is InChI=1S/C7H4ClFN2/c8-3-5-1-6(4-10)11-7(9)2-5/h1-2H,3H2. The molecule has 11 heavy (non-hydrogen) atoms. The first-order valence-corrected chi connectivity index (χ1v) is 3.42. The summed E-state index contributed by atoms with van der Waals surface area (Å²) in [6.07, 6.45) is 0. The summed E-state index contributed by atoms with van der Waals surface area (Å²) in [7, 11) is 0. The van der Waals surface area contributed by atoms with Gasteiger partial charge in [-0.3, -0.25) is 0 Å². The van der Waals surface area contributed by atoms with Crippen molar-refractivity contribution in [2.75, 3.05) is 0 Å². The average Bonchev–Trinajstić information content (AvgIpc) is 2.03. The van der Waals surface area contributed by atoms with Gasteiger partial charge in [0, 0.05) is 5.88 Å². The Morgan fingerprint density at radius 2 is 2.36 bits per heavy atom. The molecule has 1 aromatic heterocycles. The fourth-order valence-corrected chi connectivity index (χ4v) is 0.839. The molecule has 0 spiro atoms. The third-order valence-corrected chi connectivity index (χ3v) is 1.43. The SMILES string of the molecule is N#Cc1cc(CCl)cc(F)n1. The van der Waals surface area contributed by atoms with E-state index in [4.69, 9.17) is 16.9 Å². The lowest BCUT2D eigenvalue weighted by molar-refractivity contribution is 0.580. The molecule has 0 unspecified atom stereocenters. The van der Waals surface area contributed by atoms with Gasteiger partial charge in [0.1, 0.15) is 11.8 Å². The van der Waals surface area contributed by atoms with E-state index in [-0.39, 0.29) is 11.6 Å². The van der Waals surface area contributed by atoms with Gasteiger partial charge in [0.15, 0.2) is 0 Å². The van der Waals surface area contributed by atoms with E-state index in [1.165, 1.54) is 12.1 Å². The molecule has 0 aliphatic heterocycles. The summed E-state index contributed by atoms with van der Waals surface area (Å²) in [6.45, 7) is 0. The fraction of sp³-hybridized carbons (Fsp3) is 0.143. The van der Waals surface area contributed by atoms with Crippen LogP contribution in [0.1, 0.15) is 11.3 Å². The molecule has 0 aliphatic rings. The molecule has 0 saturated carbocycles. The van der Waals surface area contributed by atoms with Crippen LogP contribution in [-0.2, 0) is 5.88 Å². The number of rotatable bonds is 1. The second-order valence-corrected chi connectivity index (χ2v) is 2.20. The third-order valence-electron chi connectivity index (χ3n) is 1.12. The molecule has 0 saturated heterocycles. The summed E-state index contributed by atoms with van der Waals surface area (Å²) in [6, 6.07) is 4.39. The van der Waals surface area contributed by atoms with Crippen molar-refractivity contribution in [1.29, 1.82) is 5.26 Å². The molecule has 4 heteroatoms. The quantitative estimate of drug-likeness (QED) is 0.476. The molecular weight excluding hydrogens is 167 g/mol. The highest BCUT2D eigenvalue weighted by atomic mass is 35.5. The molecule has 2 nitrogen and oxygen atoms in total. The van der Waals surface area contributed by atoms with Crippen molar-refractivity contribution >= 4 is 11.6 Å². The van der Waals surface area contributed by atoms with E-state index in [0.29, 0.717) is 5.56 Å². The van der Waals surface area contributed by atoms with Gasteiger partial charge in [-0.25, -0.2) is 4.98 Å². The highest BCUT2D eigenvalue weighted by Crippen LogP contribution is 2.06. The van der Waals surface area contributed by atoms with Gasteiger partial charge in [-0.1, -0.05) is 0 Å². The summed E-state index contributed by atoms with van der Waals surface area (Å²) < 4.78 is 12.5. The summed E-state index contributed by atoms with van der Waals surface area (Å²) in [5.41, 5.74) is 0.622. The first kappa shape index (κ1) is 7.96. The lowest BCUT2D eigenvalue weighted by Gasteiger charge is -1.94. The maximum absolute atomic E-state index is 12.5. The van der Waals surface area contributed by atoms with Gasteiger partial charge < -0.3 is 0 Å². The third kappa shape index (κ3) is 1.89. The summed E-state index contributed by atoms with van der Waals surface area (Å²) >= 11 is 5.42. The minimum Gasteiger partial charge on any atom is -0.209 e. The van der Waals surface area contributed by atoms with Crippen molar-refractivity contribution in [1.82, 2.24) is 4.98 Å². The number of hydrogen-bond donors (Lipinski definition) is 0. The highest BCUT2D eigenvalue weighted by Gasteiger charge is 1.99. The number of aromatic nitrogens is 1. The van der Waals surface area contributed by atoms with Crippen molar-refractivity contribution in [3.05, 3.63) is 29.3 Å². The Bertz CT molecular complexity index is 306. The monoisotopic (exact) mass is 170 g/mol. The molecule has 0 fully saturated rings. The summed E-state index contributed by atoms with van der Waals surface area (Å²) in [5, 5.41) is 8.36. The van der Waals surface area contributed by atoms with Gasteiger partial charge in [-0.2, -0.15) is 9.65 Å². The molecule has 0 radical (unpaired) electrons. The normalized spacial score (nSPS) is 9.18. The van der Waals surface area contributed by atoms with E-state index < -0.39 is 5.95 Å². The van der Waals surface area contributed by atoms with E-state index in [0.717, 1.165) is 0 Å². The molecule has 0 aliphatic carbocycles. The summed E-state index contributed by atoms with van der Waals surface area (Å²) in [5.74, 6) is -0.478. The second kappa shape index (κ2) is 3.31. The predicted octanol–water partition coefficient (Wildman–Crippen LogP) is 1.83. The van der Waals surface area contributed by atoms with Crippen molar-refractivity contribution < 1.29 is 4.39 Å². The van der Waals surface area contributed by atoms with Crippen molar-refractivity contribution in [2.24, 2.45) is 0 Å². The zero-order chi connectivity index (χ0) is 8.27. The van der Waals surface area contributed by atoms with Crippen LogP contribution in [0.2, 0.25) is 0 Å². The summed E-state index contributed by atoms with van der Waals surface area (Å²) in [4.78, 5) is 3.31. The smallest absolute Gasteiger partial charge is 0.209 e. The van der Waals surface area contributed by atoms with Crippen molar-refractivity contribution in [3.63, 3.8) is 0 Å². The molecule has 0 aromatic carbocycles. The lowest BCUT2D eigenvalue weighted by Crippen LogP contribution is -1.90. The van der Waals surface area contributed by atoms with Gasteiger partial charge in [-0.15, -0.1) is 11.6 Å². The molecule has 0 atom stereocenters. The zero-order valence-corrected chi connectivity index (χ0v) is 6.27.